The van der Waals surface area contributed by atoms with Gasteiger partial charge in [-0.05, 0) is 31.2 Å². The molecule has 0 radical (unpaired) electrons. The Labute approximate surface area is 80.5 Å². The lowest BCUT2D eigenvalue weighted by atomic mass is 10.1. The Kier molecular flexibility index (Phi) is 3.34. The summed E-state index contributed by atoms with van der Waals surface area (Å²) in [5, 5.41) is 0. The van der Waals surface area contributed by atoms with E-state index in [2.05, 4.69) is 4.74 Å². The summed E-state index contributed by atoms with van der Waals surface area (Å²) < 4.78 is 16.3. The molecule has 0 saturated carbocycles. The molecule has 0 bridgehead atoms. The Morgan fingerprint density at radius 1 is 1.29 bits per heavy atom. The second-order valence-corrected chi connectivity index (χ2v) is 2.69. The third-order valence-electron chi connectivity index (χ3n) is 1.60. The summed E-state index contributed by atoms with van der Waals surface area (Å²) in [6.07, 6.45) is 0. The maximum atomic E-state index is 11.8. The SMILES string of the molecule is CC(=O)c1ccc(OC(=O)CF)cc1. The molecule has 0 spiro atoms. The highest BCUT2D eigenvalue weighted by molar-refractivity contribution is 5.94. The number of esters is 1. The highest BCUT2D eigenvalue weighted by Crippen LogP contribution is 2.12. The van der Waals surface area contributed by atoms with Crippen molar-refractivity contribution in [2.75, 3.05) is 6.67 Å². The third kappa shape index (κ3) is 2.65. The van der Waals surface area contributed by atoms with Gasteiger partial charge in [-0.2, -0.15) is 0 Å². The van der Waals surface area contributed by atoms with Crippen molar-refractivity contribution in [3.05, 3.63) is 29.8 Å². The predicted octanol–water partition coefficient (Wildman–Crippen LogP) is 1.76. The number of benzene rings is 1. The number of ketones is 1. The molecule has 0 aromatic heterocycles. The van der Waals surface area contributed by atoms with Gasteiger partial charge in [0.25, 0.3) is 0 Å². The second kappa shape index (κ2) is 4.50. The predicted molar refractivity (Wildman–Crippen MR) is 48.1 cm³/mol. The number of alkyl halides is 1. The third-order valence-corrected chi connectivity index (χ3v) is 1.60. The van der Waals surface area contributed by atoms with Crippen LogP contribution in [0.1, 0.15) is 17.3 Å². The van der Waals surface area contributed by atoms with Crippen LogP contribution < -0.4 is 4.74 Å². The average Bonchev–Trinajstić information content (AvgIpc) is 2.18. The number of halogens is 1. The molecule has 0 aliphatic rings. The van der Waals surface area contributed by atoms with E-state index >= 15 is 0 Å². The fraction of sp³-hybridized carbons (Fsp3) is 0.200. The van der Waals surface area contributed by atoms with Crippen LogP contribution >= 0.6 is 0 Å². The minimum Gasteiger partial charge on any atom is -0.425 e. The summed E-state index contributed by atoms with van der Waals surface area (Å²) in [6.45, 7) is 0.275. The molecule has 0 N–H and O–H groups in total. The van der Waals surface area contributed by atoms with E-state index < -0.39 is 12.6 Å². The van der Waals surface area contributed by atoms with E-state index in [4.69, 9.17) is 0 Å². The van der Waals surface area contributed by atoms with Gasteiger partial charge < -0.3 is 4.74 Å². The van der Waals surface area contributed by atoms with Gasteiger partial charge in [-0.3, -0.25) is 4.79 Å². The van der Waals surface area contributed by atoms with Crippen LogP contribution in [-0.4, -0.2) is 18.4 Å². The number of Topliss-reactive ketones (excluding diaryl/α,β-unsaturated/α-hetero) is 1. The number of hydrogen-bond acceptors (Lipinski definition) is 3. The zero-order chi connectivity index (χ0) is 10.6. The van der Waals surface area contributed by atoms with Crippen molar-refractivity contribution in [3.63, 3.8) is 0 Å². The molecule has 3 nitrogen and oxygen atoms in total. The molecule has 0 heterocycles. The summed E-state index contributed by atoms with van der Waals surface area (Å²) in [7, 11) is 0. The first-order chi connectivity index (χ1) is 6.63. The van der Waals surface area contributed by atoms with Crippen LogP contribution in [-0.2, 0) is 4.79 Å². The molecule has 0 amide bonds. The molecule has 1 rings (SSSR count). The van der Waals surface area contributed by atoms with Gasteiger partial charge in [0.1, 0.15) is 5.75 Å². The van der Waals surface area contributed by atoms with Gasteiger partial charge in [0.15, 0.2) is 12.5 Å². The van der Waals surface area contributed by atoms with E-state index in [0.717, 1.165) is 0 Å². The van der Waals surface area contributed by atoms with Crippen molar-refractivity contribution in [2.45, 2.75) is 6.92 Å². The van der Waals surface area contributed by atoms with Crippen LogP contribution in [0, 0.1) is 0 Å². The zero-order valence-electron chi connectivity index (χ0n) is 7.62. The molecule has 1 aromatic rings. The van der Waals surface area contributed by atoms with E-state index in [1.54, 1.807) is 0 Å². The fourth-order valence-electron chi connectivity index (χ4n) is 0.916. The molecule has 0 unspecified atom stereocenters. The lowest BCUT2D eigenvalue weighted by molar-refractivity contribution is -0.135. The number of rotatable bonds is 3. The first kappa shape index (κ1) is 10.4. The number of ether oxygens (including phenoxy) is 1. The molecule has 0 fully saturated rings. The lowest BCUT2D eigenvalue weighted by Gasteiger charge is -2.01. The second-order valence-electron chi connectivity index (χ2n) is 2.69. The Hall–Kier alpha value is -1.71. The van der Waals surface area contributed by atoms with Gasteiger partial charge in [-0.25, -0.2) is 9.18 Å². The maximum Gasteiger partial charge on any atom is 0.342 e. The lowest BCUT2D eigenvalue weighted by Crippen LogP contribution is -2.09. The van der Waals surface area contributed by atoms with E-state index in [0.29, 0.717) is 5.56 Å². The van der Waals surface area contributed by atoms with E-state index in [1.807, 2.05) is 0 Å². The van der Waals surface area contributed by atoms with Crippen molar-refractivity contribution >= 4 is 11.8 Å². The molecular formula is C10H9FO3. The molecular weight excluding hydrogens is 187 g/mol. The van der Waals surface area contributed by atoms with Gasteiger partial charge in [-0.15, -0.1) is 0 Å². The topological polar surface area (TPSA) is 43.4 Å². The van der Waals surface area contributed by atoms with Crippen LogP contribution in [0.2, 0.25) is 0 Å². The Morgan fingerprint density at radius 3 is 2.29 bits per heavy atom. The average molecular weight is 196 g/mol. The minimum absolute atomic E-state index is 0.0756. The summed E-state index contributed by atoms with van der Waals surface area (Å²) in [6, 6.07) is 5.93. The van der Waals surface area contributed by atoms with Gasteiger partial charge in [0, 0.05) is 5.56 Å². The highest BCUT2D eigenvalue weighted by atomic mass is 19.1. The van der Waals surface area contributed by atoms with Crippen LogP contribution in [0.15, 0.2) is 24.3 Å². The summed E-state index contributed by atoms with van der Waals surface area (Å²) in [4.78, 5) is 21.4. The van der Waals surface area contributed by atoms with E-state index in [9.17, 15) is 14.0 Å². The molecule has 74 valence electrons. The molecule has 0 saturated heterocycles. The maximum absolute atomic E-state index is 11.8. The van der Waals surface area contributed by atoms with Crippen molar-refractivity contribution < 1.29 is 18.7 Å². The molecule has 0 aliphatic carbocycles. The standard InChI is InChI=1S/C10H9FO3/c1-7(12)8-2-4-9(5-3-8)14-10(13)6-11/h2-5H,6H2,1H3. The van der Waals surface area contributed by atoms with Crippen molar-refractivity contribution in [1.29, 1.82) is 0 Å². The van der Waals surface area contributed by atoms with E-state index in [-0.39, 0.29) is 11.5 Å². The first-order valence-electron chi connectivity index (χ1n) is 4.01. The number of hydrogen-bond donors (Lipinski definition) is 0. The largest absolute Gasteiger partial charge is 0.425 e. The molecule has 0 aliphatic heterocycles. The monoisotopic (exact) mass is 196 g/mol. The van der Waals surface area contributed by atoms with Crippen LogP contribution in [0.3, 0.4) is 0 Å². The highest BCUT2D eigenvalue weighted by Gasteiger charge is 2.04. The summed E-state index contributed by atoms with van der Waals surface area (Å²) >= 11 is 0. The Bertz CT molecular complexity index is 343. The molecule has 4 heteroatoms. The fourth-order valence-corrected chi connectivity index (χ4v) is 0.916. The number of carbonyl (C=O) groups excluding carboxylic acids is 2. The number of carbonyl (C=O) groups is 2. The van der Waals surface area contributed by atoms with Crippen LogP contribution in [0.5, 0.6) is 5.75 Å². The van der Waals surface area contributed by atoms with Crippen molar-refractivity contribution in [2.24, 2.45) is 0 Å². The van der Waals surface area contributed by atoms with Gasteiger partial charge >= 0.3 is 5.97 Å². The summed E-state index contributed by atoms with van der Waals surface area (Å²) in [5.74, 6) is -0.786. The zero-order valence-corrected chi connectivity index (χ0v) is 7.62. The van der Waals surface area contributed by atoms with Gasteiger partial charge in [-0.1, -0.05) is 0 Å². The van der Waals surface area contributed by atoms with E-state index in [1.165, 1.54) is 31.2 Å². The Morgan fingerprint density at radius 2 is 1.86 bits per heavy atom. The van der Waals surface area contributed by atoms with Gasteiger partial charge in [0.05, 0.1) is 0 Å². The molecule has 0 atom stereocenters. The summed E-state index contributed by atoms with van der Waals surface area (Å²) in [5.41, 5.74) is 0.519. The van der Waals surface area contributed by atoms with Crippen molar-refractivity contribution in [3.8, 4) is 5.75 Å². The van der Waals surface area contributed by atoms with Crippen LogP contribution in [0.25, 0.3) is 0 Å². The van der Waals surface area contributed by atoms with Gasteiger partial charge in [0.2, 0.25) is 0 Å². The Balaban J connectivity index is 2.73. The first-order valence-corrected chi connectivity index (χ1v) is 4.01. The minimum atomic E-state index is -1.16. The molecule has 14 heavy (non-hydrogen) atoms. The normalized spacial score (nSPS) is 9.57. The smallest absolute Gasteiger partial charge is 0.342 e. The molecule has 1 aromatic carbocycles. The van der Waals surface area contributed by atoms with Crippen LogP contribution in [0.4, 0.5) is 4.39 Å². The quantitative estimate of drug-likeness (QED) is 0.420. The van der Waals surface area contributed by atoms with Crippen molar-refractivity contribution in [1.82, 2.24) is 0 Å².